The summed E-state index contributed by atoms with van der Waals surface area (Å²) < 4.78 is 21.6. The third-order valence-electron chi connectivity index (χ3n) is 4.61. The van der Waals surface area contributed by atoms with Crippen LogP contribution in [-0.4, -0.2) is 29.5 Å². The molecule has 0 radical (unpaired) electrons. The zero-order valence-corrected chi connectivity index (χ0v) is 16.0. The van der Waals surface area contributed by atoms with E-state index in [0.29, 0.717) is 12.3 Å². The molecule has 27 heavy (non-hydrogen) atoms. The molecule has 0 bridgehead atoms. The number of aryl methyl sites for hydroxylation is 1. The number of nitrogens with zero attached hydrogens (tertiary/aromatic N) is 2. The summed E-state index contributed by atoms with van der Waals surface area (Å²) in [5, 5.41) is 7.74. The van der Waals surface area contributed by atoms with Gasteiger partial charge in [0.25, 0.3) is 0 Å². The second-order valence-electron chi connectivity index (χ2n) is 6.90. The molecule has 0 fully saturated rings. The van der Waals surface area contributed by atoms with Crippen LogP contribution in [0.4, 0.5) is 4.39 Å². The monoisotopic (exact) mass is 367 g/mol. The highest BCUT2D eigenvalue weighted by molar-refractivity contribution is 5.37. The maximum absolute atomic E-state index is 14.6. The summed E-state index contributed by atoms with van der Waals surface area (Å²) in [7, 11) is 1.70. The lowest BCUT2D eigenvalue weighted by molar-refractivity contribution is 0.161. The number of rotatable bonds is 8. The molecule has 0 amide bonds. The van der Waals surface area contributed by atoms with E-state index in [1.54, 1.807) is 30.1 Å². The molecule has 3 rings (SSSR count). The van der Waals surface area contributed by atoms with Gasteiger partial charge in [-0.3, -0.25) is 0 Å². The van der Waals surface area contributed by atoms with Gasteiger partial charge in [0.05, 0.1) is 12.8 Å². The number of hydrogen-bond donors (Lipinski definition) is 1. The quantitative estimate of drug-likeness (QED) is 0.648. The minimum atomic E-state index is -0.282. The van der Waals surface area contributed by atoms with Crippen LogP contribution in [0, 0.1) is 12.7 Å². The van der Waals surface area contributed by atoms with Crippen molar-refractivity contribution in [3.05, 3.63) is 83.4 Å². The number of halogens is 1. The van der Waals surface area contributed by atoms with Gasteiger partial charge in [-0.1, -0.05) is 36.4 Å². The van der Waals surface area contributed by atoms with Crippen LogP contribution in [0.2, 0.25) is 0 Å². The Labute approximate surface area is 160 Å². The van der Waals surface area contributed by atoms with Crippen molar-refractivity contribution in [2.45, 2.75) is 32.4 Å². The highest BCUT2D eigenvalue weighted by Gasteiger charge is 2.16. The minimum Gasteiger partial charge on any atom is -0.383 e. The number of aromatic nitrogens is 2. The normalized spacial score (nSPS) is 13.5. The fourth-order valence-corrected chi connectivity index (χ4v) is 3.24. The summed E-state index contributed by atoms with van der Waals surface area (Å²) >= 11 is 0. The standard InChI is InChI=1S/C22H26FN3O/c1-16-13-24-26(14-16)22-10-9-19(12-21(22)23)17(2)25-20(15-27-3)11-18-7-5-4-6-8-18/h4-10,12-14,17,20,25H,11,15H2,1-3H3/t17-,20-/m0/s1. The second kappa shape index (κ2) is 8.93. The van der Waals surface area contributed by atoms with Crippen molar-refractivity contribution in [3.63, 3.8) is 0 Å². The molecule has 2 aromatic carbocycles. The largest absolute Gasteiger partial charge is 0.383 e. The van der Waals surface area contributed by atoms with E-state index in [2.05, 4.69) is 22.5 Å². The third-order valence-corrected chi connectivity index (χ3v) is 4.61. The third kappa shape index (κ3) is 5.02. The number of benzene rings is 2. The zero-order valence-electron chi connectivity index (χ0n) is 16.0. The maximum Gasteiger partial charge on any atom is 0.149 e. The van der Waals surface area contributed by atoms with Gasteiger partial charge in [-0.2, -0.15) is 5.10 Å². The van der Waals surface area contributed by atoms with Crippen LogP contribution in [0.1, 0.15) is 29.7 Å². The molecule has 0 unspecified atom stereocenters. The maximum atomic E-state index is 14.6. The van der Waals surface area contributed by atoms with Gasteiger partial charge in [0.2, 0.25) is 0 Å². The minimum absolute atomic E-state index is 0.00299. The van der Waals surface area contributed by atoms with Crippen LogP contribution in [0.3, 0.4) is 0 Å². The molecule has 0 saturated heterocycles. The van der Waals surface area contributed by atoms with Crippen molar-refractivity contribution in [3.8, 4) is 5.69 Å². The summed E-state index contributed by atoms with van der Waals surface area (Å²) in [6.45, 7) is 4.57. The van der Waals surface area contributed by atoms with E-state index < -0.39 is 0 Å². The predicted molar refractivity (Wildman–Crippen MR) is 106 cm³/mol. The van der Waals surface area contributed by atoms with Gasteiger partial charge >= 0.3 is 0 Å². The van der Waals surface area contributed by atoms with Gasteiger partial charge in [-0.05, 0) is 49.1 Å². The molecule has 0 aliphatic carbocycles. The van der Waals surface area contributed by atoms with Gasteiger partial charge in [-0.15, -0.1) is 0 Å². The summed E-state index contributed by atoms with van der Waals surface area (Å²) in [6, 6.07) is 15.7. The first-order chi connectivity index (χ1) is 13.1. The highest BCUT2D eigenvalue weighted by atomic mass is 19.1. The first-order valence-corrected chi connectivity index (χ1v) is 9.17. The summed E-state index contributed by atoms with van der Waals surface area (Å²) in [4.78, 5) is 0. The number of ether oxygens (including phenoxy) is 1. The molecule has 1 N–H and O–H groups in total. The number of methoxy groups -OCH3 is 1. The van der Waals surface area contributed by atoms with E-state index in [0.717, 1.165) is 17.5 Å². The molecule has 142 valence electrons. The Morgan fingerprint density at radius 1 is 1.19 bits per heavy atom. The molecule has 3 aromatic rings. The lowest BCUT2D eigenvalue weighted by Gasteiger charge is -2.23. The van der Waals surface area contributed by atoms with Crippen molar-refractivity contribution < 1.29 is 9.13 Å². The Hall–Kier alpha value is -2.50. The fourth-order valence-electron chi connectivity index (χ4n) is 3.24. The summed E-state index contributed by atoms with van der Waals surface area (Å²) in [6.07, 6.45) is 4.39. The van der Waals surface area contributed by atoms with Crippen molar-refractivity contribution in [2.75, 3.05) is 13.7 Å². The predicted octanol–water partition coefficient (Wildman–Crippen LogP) is 4.23. The van der Waals surface area contributed by atoms with Crippen molar-refractivity contribution in [1.82, 2.24) is 15.1 Å². The van der Waals surface area contributed by atoms with Gasteiger partial charge in [0.15, 0.2) is 0 Å². The zero-order chi connectivity index (χ0) is 19.2. The molecule has 1 aromatic heterocycles. The van der Waals surface area contributed by atoms with Crippen LogP contribution in [0.5, 0.6) is 0 Å². The van der Waals surface area contributed by atoms with Crippen LogP contribution < -0.4 is 5.32 Å². The first-order valence-electron chi connectivity index (χ1n) is 9.17. The Bertz CT molecular complexity index is 863. The van der Waals surface area contributed by atoms with E-state index in [1.807, 2.05) is 44.3 Å². The van der Waals surface area contributed by atoms with Crippen LogP contribution >= 0.6 is 0 Å². The van der Waals surface area contributed by atoms with E-state index in [9.17, 15) is 4.39 Å². The van der Waals surface area contributed by atoms with Gasteiger partial charge in [0.1, 0.15) is 11.5 Å². The van der Waals surface area contributed by atoms with Gasteiger partial charge < -0.3 is 10.1 Å². The molecule has 0 saturated carbocycles. The van der Waals surface area contributed by atoms with Crippen molar-refractivity contribution in [1.29, 1.82) is 0 Å². The topological polar surface area (TPSA) is 39.1 Å². The molecular weight excluding hydrogens is 341 g/mol. The first kappa shape index (κ1) is 19.3. The smallest absolute Gasteiger partial charge is 0.149 e. The molecular formula is C22H26FN3O. The molecule has 0 spiro atoms. The van der Waals surface area contributed by atoms with Crippen molar-refractivity contribution >= 4 is 0 Å². The van der Waals surface area contributed by atoms with Gasteiger partial charge in [-0.25, -0.2) is 9.07 Å². The summed E-state index contributed by atoms with van der Waals surface area (Å²) in [5.41, 5.74) is 3.60. The van der Waals surface area contributed by atoms with E-state index in [4.69, 9.17) is 4.74 Å². The van der Waals surface area contributed by atoms with Crippen LogP contribution in [0.25, 0.3) is 5.69 Å². The van der Waals surface area contributed by atoms with Crippen LogP contribution in [-0.2, 0) is 11.2 Å². The summed E-state index contributed by atoms with van der Waals surface area (Å²) in [5.74, 6) is -0.282. The molecule has 5 heteroatoms. The van der Waals surface area contributed by atoms with Crippen LogP contribution in [0.15, 0.2) is 60.9 Å². The number of nitrogens with one attached hydrogen (secondary N) is 1. The Balaban J connectivity index is 1.72. The molecule has 4 nitrogen and oxygen atoms in total. The highest BCUT2D eigenvalue weighted by Crippen LogP contribution is 2.20. The van der Waals surface area contributed by atoms with E-state index in [-0.39, 0.29) is 17.9 Å². The van der Waals surface area contributed by atoms with E-state index >= 15 is 0 Å². The average molecular weight is 367 g/mol. The lowest BCUT2D eigenvalue weighted by atomic mass is 10.0. The molecule has 0 aliphatic rings. The second-order valence-corrected chi connectivity index (χ2v) is 6.90. The van der Waals surface area contributed by atoms with E-state index in [1.165, 1.54) is 5.56 Å². The Morgan fingerprint density at radius 2 is 1.96 bits per heavy atom. The lowest BCUT2D eigenvalue weighted by Crippen LogP contribution is -2.37. The molecule has 2 atom stereocenters. The average Bonchev–Trinajstić information content (AvgIpc) is 3.08. The Kier molecular flexibility index (Phi) is 6.37. The van der Waals surface area contributed by atoms with Gasteiger partial charge in [0, 0.05) is 25.4 Å². The SMILES string of the molecule is COC[C@H](Cc1ccccc1)N[C@@H](C)c1ccc(-n2cc(C)cn2)c(F)c1. The fraction of sp³-hybridized carbons (Fsp3) is 0.318. The number of hydrogen-bond acceptors (Lipinski definition) is 3. The molecule has 0 aliphatic heterocycles. The Morgan fingerprint density at radius 3 is 2.59 bits per heavy atom. The molecule has 1 heterocycles. The van der Waals surface area contributed by atoms with Crippen molar-refractivity contribution in [2.24, 2.45) is 0 Å².